The van der Waals surface area contributed by atoms with Gasteiger partial charge >= 0.3 is 5.97 Å². The van der Waals surface area contributed by atoms with E-state index in [1.54, 1.807) is 0 Å². The highest BCUT2D eigenvalue weighted by molar-refractivity contribution is 6.05. The number of anilines is 1. The first kappa shape index (κ1) is 22.0. The minimum atomic E-state index is -0.767. The second kappa shape index (κ2) is 9.53. The van der Waals surface area contributed by atoms with Crippen LogP contribution in [0, 0.1) is 11.3 Å². The fourth-order valence-electron chi connectivity index (χ4n) is 4.52. The van der Waals surface area contributed by atoms with Gasteiger partial charge in [0.2, 0.25) is 0 Å². The molecule has 0 saturated carbocycles. The third kappa shape index (κ3) is 5.16. The van der Waals surface area contributed by atoms with Crippen LogP contribution in [0.3, 0.4) is 0 Å². The zero-order chi connectivity index (χ0) is 22.7. The molecule has 1 aliphatic carbocycles. The molecule has 1 saturated heterocycles. The molecule has 7 heteroatoms. The maximum absolute atomic E-state index is 12.8. The lowest BCUT2D eigenvalue weighted by Gasteiger charge is -2.34. The van der Waals surface area contributed by atoms with Gasteiger partial charge in [0, 0.05) is 49.4 Å². The van der Waals surface area contributed by atoms with Crippen LogP contribution in [0.25, 0.3) is 0 Å². The average molecular weight is 435 g/mol. The van der Waals surface area contributed by atoms with Gasteiger partial charge in [0.25, 0.3) is 5.91 Å². The van der Waals surface area contributed by atoms with Crippen LogP contribution in [0.15, 0.2) is 42.5 Å². The number of amidine groups is 1. The van der Waals surface area contributed by atoms with Crippen molar-refractivity contribution in [2.75, 3.05) is 38.5 Å². The summed E-state index contributed by atoms with van der Waals surface area (Å²) in [5, 5.41) is 20.5. The molecule has 1 unspecified atom stereocenters. The van der Waals surface area contributed by atoms with E-state index in [0.29, 0.717) is 23.5 Å². The van der Waals surface area contributed by atoms with E-state index in [2.05, 4.69) is 22.2 Å². The number of rotatable bonds is 5. The Morgan fingerprint density at radius 2 is 1.72 bits per heavy atom. The van der Waals surface area contributed by atoms with Crippen LogP contribution in [-0.4, -0.2) is 65.8 Å². The molecule has 0 spiro atoms. The number of benzene rings is 2. The number of piperazine rings is 1. The summed E-state index contributed by atoms with van der Waals surface area (Å²) >= 11 is 0. The number of carbonyl (C=O) groups excluding carboxylic acids is 1. The van der Waals surface area contributed by atoms with Crippen molar-refractivity contribution in [1.29, 1.82) is 5.41 Å². The highest BCUT2D eigenvalue weighted by atomic mass is 16.4. The molecule has 1 aliphatic heterocycles. The molecule has 2 aliphatic rings. The molecule has 1 heterocycles. The third-order valence-corrected chi connectivity index (χ3v) is 6.50. The van der Waals surface area contributed by atoms with E-state index >= 15 is 0 Å². The van der Waals surface area contributed by atoms with Crippen molar-refractivity contribution in [3.05, 3.63) is 64.7 Å². The number of aryl methyl sites for hydroxylation is 1. The molecule has 1 amide bonds. The maximum atomic E-state index is 12.8. The minimum Gasteiger partial charge on any atom is -0.481 e. The van der Waals surface area contributed by atoms with Gasteiger partial charge in [0.15, 0.2) is 0 Å². The van der Waals surface area contributed by atoms with Gasteiger partial charge in [0.05, 0.1) is 0 Å². The molecule has 0 aromatic heterocycles. The molecular weight excluding hydrogens is 404 g/mol. The number of fused-ring (bicyclic) bond motifs is 1. The zero-order valence-electron chi connectivity index (χ0n) is 18.4. The molecule has 1 atom stereocenters. The Kier molecular flexibility index (Phi) is 6.55. The lowest BCUT2D eigenvalue weighted by Crippen LogP contribution is -2.47. The van der Waals surface area contributed by atoms with Crippen LogP contribution >= 0.6 is 0 Å². The van der Waals surface area contributed by atoms with Crippen molar-refractivity contribution >= 4 is 23.4 Å². The van der Waals surface area contributed by atoms with Gasteiger partial charge in [-0.25, -0.2) is 0 Å². The largest absolute Gasteiger partial charge is 0.481 e. The van der Waals surface area contributed by atoms with E-state index in [1.807, 2.05) is 42.5 Å². The standard InChI is InChI=1S/C25H30N4O3/c1-28-10-12-29(13-11-28)24(26)19-6-8-22(9-7-19)27-25(32)20-5-4-18-3-2-17(15-23(30)31)14-21(18)16-20/h4-9,16-17,26H,2-3,10-15H2,1H3,(H,27,32)(H,30,31). The van der Waals surface area contributed by atoms with Crippen LogP contribution in [0.1, 0.15) is 39.9 Å². The molecule has 32 heavy (non-hydrogen) atoms. The van der Waals surface area contributed by atoms with Crippen molar-refractivity contribution in [2.45, 2.75) is 25.7 Å². The molecule has 0 bridgehead atoms. The maximum Gasteiger partial charge on any atom is 0.303 e. The van der Waals surface area contributed by atoms with Crippen molar-refractivity contribution in [3.63, 3.8) is 0 Å². The van der Waals surface area contributed by atoms with Gasteiger partial charge in [-0.15, -0.1) is 0 Å². The number of amides is 1. The fraction of sp³-hybridized carbons (Fsp3) is 0.400. The van der Waals surface area contributed by atoms with Crippen LogP contribution in [-0.2, 0) is 17.6 Å². The number of carbonyl (C=O) groups is 2. The smallest absolute Gasteiger partial charge is 0.303 e. The van der Waals surface area contributed by atoms with Gasteiger partial charge in [0.1, 0.15) is 5.84 Å². The fourth-order valence-corrected chi connectivity index (χ4v) is 4.52. The number of hydrogen-bond acceptors (Lipinski definition) is 4. The minimum absolute atomic E-state index is 0.126. The first-order valence-electron chi connectivity index (χ1n) is 11.2. The molecule has 0 radical (unpaired) electrons. The normalized spacial score (nSPS) is 18.7. The van der Waals surface area contributed by atoms with E-state index in [9.17, 15) is 9.59 Å². The summed E-state index contributed by atoms with van der Waals surface area (Å²) in [6.07, 6.45) is 2.60. The highest BCUT2D eigenvalue weighted by Crippen LogP contribution is 2.28. The number of hydrogen-bond donors (Lipinski definition) is 3. The van der Waals surface area contributed by atoms with Crippen molar-refractivity contribution in [3.8, 4) is 0 Å². The molecule has 4 rings (SSSR count). The van der Waals surface area contributed by atoms with Crippen LogP contribution in [0.2, 0.25) is 0 Å². The molecule has 7 nitrogen and oxygen atoms in total. The average Bonchev–Trinajstić information content (AvgIpc) is 2.78. The lowest BCUT2D eigenvalue weighted by molar-refractivity contribution is -0.138. The summed E-state index contributed by atoms with van der Waals surface area (Å²) in [7, 11) is 2.09. The van der Waals surface area contributed by atoms with Gasteiger partial charge in [-0.2, -0.15) is 0 Å². The molecule has 1 fully saturated rings. The van der Waals surface area contributed by atoms with Crippen LogP contribution < -0.4 is 5.32 Å². The molecule has 2 aromatic carbocycles. The molecule has 168 valence electrons. The van der Waals surface area contributed by atoms with E-state index in [-0.39, 0.29) is 18.2 Å². The Labute approximate surface area is 188 Å². The Bertz CT molecular complexity index is 1010. The Balaban J connectivity index is 1.39. The number of carboxylic acid groups (broad SMARTS) is 1. The number of nitrogens with zero attached hydrogens (tertiary/aromatic N) is 2. The number of nitrogens with one attached hydrogen (secondary N) is 2. The number of carboxylic acids is 1. The number of aliphatic carboxylic acids is 1. The molecule has 2 aromatic rings. The summed E-state index contributed by atoms with van der Waals surface area (Å²) in [6.45, 7) is 3.60. The number of likely N-dealkylation sites (N-methyl/N-ethyl adjacent to an activating group) is 1. The predicted molar refractivity (Wildman–Crippen MR) is 125 cm³/mol. The second-order valence-corrected chi connectivity index (χ2v) is 8.86. The predicted octanol–water partition coefficient (Wildman–Crippen LogP) is 3.09. The summed E-state index contributed by atoms with van der Waals surface area (Å²) in [5.74, 6) is -0.311. The van der Waals surface area contributed by atoms with Crippen LogP contribution in [0.4, 0.5) is 5.69 Å². The van der Waals surface area contributed by atoms with Gasteiger partial charge in [-0.05, 0) is 79.8 Å². The summed E-state index contributed by atoms with van der Waals surface area (Å²) in [5.41, 5.74) is 4.38. The highest BCUT2D eigenvalue weighted by Gasteiger charge is 2.22. The second-order valence-electron chi connectivity index (χ2n) is 8.86. The van der Waals surface area contributed by atoms with E-state index in [4.69, 9.17) is 10.5 Å². The van der Waals surface area contributed by atoms with Crippen molar-refractivity contribution in [1.82, 2.24) is 9.80 Å². The Hall–Kier alpha value is -3.19. The van der Waals surface area contributed by atoms with E-state index in [1.165, 1.54) is 5.56 Å². The van der Waals surface area contributed by atoms with Gasteiger partial charge in [-0.3, -0.25) is 15.0 Å². The van der Waals surface area contributed by atoms with Gasteiger partial charge < -0.3 is 20.2 Å². The summed E-state index contributed by atoms with van der Waals surface area (Å²) in [4.78, 5) is 28.2. The van der Waals surface area contributed by atoms with Gasteiger partial charge in [-0.1, -0.05) is 6.07 Å². The third-order valence-electron chi connectivity index (χ3n) is 6.50. The Morgan fingerprint density at radius 3 is 2.41 bits per heavy atom. The first-order chi connectivity index (χ1) is 15.4. The quantitative estimate of drug-likeness (QED) is 0.496. The van der Waals surface area contributed by atoms with E-state index < -0.39 is 5.97 Å². The van der Waals surface area contributed by atoms with Crippen molar-refractivity contribution < 1.29 is 14.7 Å². The molecular formula is C25H30N4O3. The zero-order valence-corrected chi connectivity index (χ0v) is 18.4. The lowest BCUT2D eigenvalue weighted by atomic mass is 9.81. The SMILES string of the molecule is CN1CCN(C(=N)c2ccc(NC(=O)c3ccc4c(c3)CC(CC(=O)O)CC4)cc2)CC1. The van der Waals surface area contributed by atoms with E-state index in [0.717, 1.165) is 50.1 Å². The first-order valence-corrected chi connectivity index (χ1v) is 11.2. The monoisotopic (exact) mass is 434 g/mol. The molecule has 3 N–H and O–H groups in total. The Morgan fingerprint density at radius 1 is 1.03 bits per heavy atom. The summed E-state index contributed by atoms with van der Waals surface area (Å²) < 4.78 is 0. The van der Waals surface area contributed by atoms with Crippen LogP contribution in [0.5, 0.6) is 0 Å². The van der Waals surface area contributed by atoms with Crippen molar-refractivity contribution in [2.24, 2.45) is 5.92 Å². The topological polar surface area (TPSA) is 96.7 Å². The summed E-state index contributed by atoms with van der Waals surface area (Å²) in [6, 6.07) is 13.1.